The number of carbonyl (C=O) groups is 1. The normalized spacial score (nSPS) is 13.8. The minimum atomic E-state index is -5.85. The van der Waals surface area contributed by atoms with Crippen molar-refractivity contribution in [2.75, 3.05) is 0 Å². The molecule has 128 valence electrons. The highest BCUT2D eigenvalue weighted by Gasteiger charge is 2.60. The van der Waals surface area contributed by atoms with Gasteiger partial charge in [-0.25, -0.2) is 4.79 Å². The summed E-state index contributed by atoms with van der Waals surface area (Å²) in [5.74, 6) is -2.03. The summed E-state index contributed by atoms with van der Waals surface area (Å²) in [5, 5.41) is 9.91. The van der Waals surface area contributed by atoms with Crippen LogP contribution >= 0.6 is 11.6 Å². The maximum absolute atomic E-state index is 12.3. The Kier molecular flexibility index (Phi) is 5.70. The van der Waals surface area contributed by atoms with Crippen molar-refractivity contribution < 1.29 is 41.0 Å². The van der Waals surface area contributed by atoms with Gasteiger partial charge in [-0.15, -0.1) is 0 Å². The fourth-order valence-electron chi connectivity index (χ4n) is 1.49. The second-order valence-electron chi connectivity index (χ2n) is 4.35. The van der Waals surface area contributed by atoms with Gasteiger partial charge in [-0.2, -0.15) is 26.3 Å². The Morgan fingerprint density at radius 2 is 1.70 bits per heavy atom. The first-order valence-electron chi connectivity index (χ1n) is 5.80. The van der Waals surface area contributed by atoms with Gasteiger partial charge in [0.05, 0.1) is 5.57 Å². The zero-order chi connectivity index (χ0) is 18.0. The third-order valence-corrected chi connectivity index (χ3v) is 2.81. The van der Waals surface area contributed by atoms with E-state index in [0.29, 0.717) is 0 Å². The Morgan fingerprint density at radius 1 is 1.17 bits per heavy atom. The molecule has 1 rings (SSSR count). The average Bonchev–Trinajstić information content (AvgIpc) is 2.40. The third-order valence-electron chi connectivity index (χ3n) is 2.58. The van der Waals surface area contributed by atoms with Crippen molar-refractivity contribution >= 4 is 17.6 Å². The van der Waals surface area contributed by atoms with Crippen molar-refractivity contribution in [1.82, 2.24) is 0 Å². The lowest BCUT2D eigenvalue weighted by Crippen LogP contribution is -2.45. The van der Waals surface area contributed by atoms with Gasteiger partial charge < -0.3 is 9.84 Å². The largest absolute Gasteiger partial charge is 0.439 e. The SMILES string of the molecule is C=C(C(=O)OC(C(F)(F)F)C(F)(F)F)[C@H](O)c1cccc(Cl)c1. The molecule has 1 N–H and O–H groups in total. The van der Waals surface area contributed by atoms with E-state index in [1.807, 2.05) is 0 Å². The topological polar surface area (TPSA) is 46.5 Å². The van der Waals surface area contributed by atoms with Gasteiger partial charge >= 0.3 is 18.3 Å². The van der Waals surface area contributed by atoms with Gasteiger partial charge in [0.2, 0.25) is 0 Å². The van der Waals surface area contributed by atoms with Crippen LogP contribution in [0.3, 0.4) is 0 Å². The molecule has 1 atom stereocenters. The molecule has 0 saturated heterocycles. The molecule has 3 nitrogen and oxygen atoms in total. The molecule has 0 unspecified atom stereocenters. The molecule has 0 heterocycles. The summed E-state index contributed by atoms with van der Waals surface area (Å²) >= 11 is 5.62. The number of rotatable bonds is 4. The van der Waals surface area contributed by atoms with E-state index in [1.54, 1.807) is 0 Å². The lowest BCUT2D eigenvalue weighted by molar-refractivity contribution is -0.312. The van der Waals surface area contributed by atoms with E-state index >= 15 is 0 Å². The predicted octanol–water partition coefficient (Wildman–Crippen LogP) is 3.97. The second kappa shape index (κ2) is 6.79. The Hall–Kier alpha value is -1.74. The molecule has 0 bridgehead atoms. The summed E-state index contributed by atoms with van der Waals surface area (Å²) in [5.41, 5.74) is -1.04. The van der Waals surface area contributed by atoms with Crippen molar-refractivity contribution in [2.45, 2.75) is 24.6 Å². The van der Waals surface area contributed by atoms with Crippen LogP contribution in [0.2, 0.25) is 5.02 Å². The fourth-order valence-corrected chi connectivity index (χ4v) is 1.69. The molecule has 23 heavy (non-hydrogen) atoms. The van der Waals surface area contributed by atoms with Gasteiger partial charge in [0.25, 0.3) is 6.10 Å². The van der Waals surface area contributed by atoms with E-state index in [9.17, 15) is 36.2 Å². The molecule has 10 heteroatoms. The Morgan fingerprint density at radius 3 is 2.13 bits per heavy atom. The van der Waals surface area contributed by atoms with Gasteiger partial charge in [-0.05, 0) is 17.7 Å². The third kappa shape index (κ3) is 5.14. The van der Waals surface area contributed by atoms with Crippen LogP contribution in [0, 0.1) is 0 Å². The number of esters is 1. The lowest BCUT2D eigenvalue weighted by atomic mass is 10.0. The highest BCUT2D eigenvalue weighted by atomic mass is 35.5. The average molecular weight is 363 g/mol. The van der Waals surface area contributed by atoms with Gasteiger partial charge in [0, 0.05) is 5.02 Å². The lowest BCUT2D eigenvalue weighted by Gasteiger charge is -2.24. The minimum absolute atomic E-state index is 0.0463. The highest BCUT2D eigenvalue weighted by molar-refractivity contribution is 6.30. The van der Waals surface area contributed by atoms with Crippen LogP contribution in [-0.4, -0.2) is 29.5 Å². The van der Waals surface area contributed by atoms with Crippen LogP contribution in [0.15, 0.2) is 36.4 Å². The molecule has 0 amide bonds. The van der Waals surface area contributed by atoms with Crippen molar-refractivity contribution in [3.8, 4) is 0 Å². The number of hydrogen-bond donors (Lipinski definition) is 1. The fraction of sp³-hybridized carbons (Fsp3) is 0.308. The van der Waals surface area contributed by atoms with Crippen molar-refractivity contribution in [3.05, 3.63) is 47.0 Å². The summed E-state index contributed by atoms with van der Waals surface area (Å²) in [4.78, 5) is 11.4. The molecule has 0 aliphatic heterocycles. The van der Waals surface area contributed by atoms with Gasteiger partial charge in [-0.1, -0.05) is 30.3 Å². The first kappa shape index (κ1) is 19.3. The van der Waals surface area contributed by atoms with E-state index in [2.05, 4.69) is 11.3 Å². The number of hydrogen-bond acceptors (Lipinski definition) is 3. The molecule has 0 aliphatic carbocycles. The molecule has 0 aliphatic rings. The standard InChI is InChI=1S/C13H9ClF6O3/c1-6(9(21)7-3-2-4-8(14)5-7)10(22)23-11(12(15,16)17)13(18,19)20/h2-5,9,11,21H,1H2/t9-/m0/s1. The highest BCUT2D eigenvalue weighted by Crippen LogP contribution is 2.36. The van der Waals surface area contributed by atoms with E-state index in [-0.39, 0.29) is 10.6 Å². The molecule has 0 radical (unpaired) electrons. The first-order valence-corrected chi connectivity index (χ1v) is 6.18. The molecule has 0 aromatic heterocycles. The van der Waals surface area contributed by atoms with Crippen LogP contribution < -0.4 is 0 Å². The van der Waals surface area contributed by atoms with E-state index < -0.39 is 36.1 Å². The molecule has 1 aromatic carbocycles. The summed E-state index contributed by atoms with van der Waals surface area (Å²) in [6.45, 7) is 2.98. The van der Waals surface area contributed by atoms with Crippen molar-refractivity contribution in [3.63, 3.8) is 0 Å². The molecule has 1 aromatic rings. The molecular formula is C13H9ClF6O3. The second-order valence-corrected chi connectivity index (χ2v) is 4.79. The number of halogens is 7. The number of alkyl halides is 6. The van der Waals surface area contributed by atoms with Crippen molar-refractivity contribution in [1.29, 1.82) is 0 Å². The van der Waals surface area contributed by atoms with Gasteiger partial charge in [-0.3, -0.25) is 0 Å². The van der Waals surface area contributed by atoms with E-state index in [0.717, 1.165) is 6.07 Å². The Labute approximate surface area is 131 Å². The van der Waals surface area contributed by atoms with E-state index in [4.69, 9.17) is 11.6 Å². The molecule has 0 saturated carbocycles. The summed E-state index contributed by atoms with van der Waals surface area (Å²) in [6.07, 6.45) is -17.9. The Bertz CT molecular complexity index is 582. The van der Waals surface area contributed by atoms with Gasteiger partial charge in [0.15, 0.2) is 0 Å². The Balaban J connectivity index is 2.93. The van der Waals surface area contributed by atoms with Crippen LogP contribution in [-0.2, 0) is 9.53 Å². The number of aliphatic hydroxyl groups excluding tert-OH is 1. The first-order chi connectivity index (χ1) is 10.3. The van der Waals surface area contributed by atoms with Crippen LogP contribution in [0.4, 0.5) is 26.3 Å². The molecular weight excluding hydrogens is 354 g/mol. The van der Waals surface area contributed by atoms with E-state index in [1.165, 1.54) is 18.2 Å². The summed E-state index contributed by atoms with van der Waals surface area (Å²) in [6, 6.07) is 5.17. The summed E-state index contributed by atoms with van der Waals surface area (Å²) < 4.78 is 77.3. The predicted molar refractivity (Wildman–Crippen MR) is 67.5 cm³/mol. The zero-order valence-electron chi connectivity index (χ0n) is 11.1. The number of ether oxygens (including phenoxy) is 1. The van der Waals surface area contributed by atoms with Gasteiger partial charge in [0.1, 0.15) is 6.10 Å². The molecule has 0 fully saturated rings. The molecule has 0 spiro atoms. The maximum atomic E-state index is 12.3. The monoisotopic (exact) mass is 362 g/mol. The van der Waals surface area contributed by atoms with Crippen LogP contribution in [0.5, 0.6) is 0 Å². The van der Waals surface area contributed by atoms with Crippen LogP contribution in [0.1, 0.15) is 11.7 Å². The zero-order valence-corrected chi connectivity index (χ0v) is 11.8. The smallest absolute Gasteiger partial charge is 0.434 e. The number of carbonyl (C=O) groups excluding carboxylic acids is 1. The van der Waals surface area contributed by atoms with Crippen molar-refractivity contribution in [2.24, 2.45) is 0 Å². The summed E-state index contributed by atoms with van der Waals surface area (Å²) in [7, 11) is 0. The maximum Gasteiger partial charge on any atom is 0.434 e. The van der Waals surface area contributed by atoms with Crippen LogP contribution in [0.25, 0.3) is 0 Å². The minimum Gasteiger partial charge on any atom is -0.439 e. The number of benzene rings is 1. The number of aliphatic hydroxyl groups is 1. The quantitative estimate of drug-likeness (QED) is 0.501.